The quantitative estimate of drug-likeness (QED) is 0.393. The summed E-state index contributed by atoms with van der Waals surface area (Å²) in [6, 6.07) is 4.61. The second kappa shape index (κ2) is 6.71. The minimum absolute atomic E-state index is 0.0757. The SMILES string of the molecule is CCOc1ccc2c(F)c(C(F)(F)Oc3cc(F)c(F)c(F)c3)sc2c1. The molecule has 0 bridgehead atoms. The Labute approximate surface area is 147 Å². The number of alkyl halides is 2. The third kappa shape index (κ3) is 3.31. The smallest absolute Gasteiger partial charge is 0.439 e. The van der Waals surface area contributed by atoms with Crippen LogP contribution in [0.2, 0.25) is 0 Å². The standard InChI is InChI=1S/C17H10F6O2S/c1-2-24-8-3-4-10-13(7-8)26-16(14(10)20)17(22,23)25-9-5-11(18)15(21)12(19)6-9/h3-7H,2H2,1H3. The largest absolute Gasteiger partial charge is 0.494 e. The van der Waals surface area contributed by atoms with Gasteiger partial charge in [0.05, 0.1) is 6.61 Å². The molecular formula is C17H10F6O2S. The number of fused-ring (bicyclic) bond motifs is 1. The van der Waals surface area contributed by atoms with Gasteiger partial charge < -0.3 is 9.47 Å². The van der Waals surface area contributed by atoms with Gasteiger partial charge in [0.25, 0.3) is 0 Å². The summed E-state index contributed by atoms with van der Waals surface area (Å²) in [6.07, 6.45) is -4.23. The van der Waals surface area contributed by atoms with Gasteiger partial charge in [-0.3, -0.25) is 0 Å². The van der Waals surface area contributed by atoms with Crippen LogP contribution in [0.25, 0.3) is 10.1 Å². The molecule has 0 N–H and O–H groups in total. The van der Waals surface area contributed by atoms with E-state index in [4.69, 9.17) is 4.74 Å². The molecule has 3 aromatic rings. The Hall–Kier alpha value is -2.42. The van der Waals surface area contributed by atoms with E-state index in [0.717, 1.165) is 0 Å². The van der Waals surface area contributed by atoms with Crippen molar-refractivity contribution in [1.29, 1.82) is 0 Å². The second-order valence-corrected chi connectivity index (χ2v) is 6.21. The van der Waals surface area contributed by atoms with Gasteiger partial charge in [-0.05, 0) is 25.1 Å². The minimum Gasteiger partial charge on any atom is -0.494 e. The molecule has 0 aliphatic heterocycles. The molecule has 0 aliphatic rings. The number of benzene rings is 2. The maximum absolute atomic E-state index is 14.4. The molecule has 2 aromatic carbocycles. The Bertz CT molecular complexity index is 946. The molecule has 138 valence electrons. The molecule has 0 saturated carbocycles. The van der Waals surface area contributed by atoms with E-state index in [1.165, 1.54) is 18.2 Å². The monoisotopic (exact) mass is 392 g/mol. The molecule has 9 heteroatoms. The Morgan fingerprint density at radius 3 is 2.19 bits per heavy atom. The van der Waals surface area contributed by atoms with Crippen molar-refractivity contribution in [2.75, 3.05) is 6.61 Å². The molecule has 0 spiro atoms. The fraction of sp³-hybridized carbons (Fsp3) is 0.176. The van der Waals surface area contributed by atoms with E-state index in [9.17, 15) is 26.3 Å². The van der Waals surface area contributed by atoms with Gasteiger partial charge in [0, 0.05) is 22.2 Å². The van der Waals surface area contributed by atoms with E-state index in [1.54, 1.807) is 6.92 Å². The topological polar surface area (TPSA) is 18.5 Å². The summed E-state index contributed by atoms with van der Waals surface area (Å²) in [5.74, 6) is -7.04. The molecule has 0 radical (unpaired) electrons. The van der Waals surface area contributed by atoms with Gasteiger partial charge in [0.15, 0.2) is 28.1 Å². The summed E-state index contributed by atoms with van der Waals surface area (Å²) in [7, 11) is 0. The van der Waals surface area contributed by atoms with Crippen LogP contribution in [0.5, 0.6) is 11.5 Å². The van der Waals surface area contributed by atoms with Crippen LogP contribution in [0, 0.1) is 23.3 Å². The predicted molar refractivity (Wildman–Crippen MR) is 83.8 cm³/mol. The Morgan fingerprint density at radius 1 is 0.923 bits per heavy atom. The highest BCUT2D eigenvalue weighted by Gasteiger charge is 2.41. The van der Waals surface area contributed by atoms with E-state index in [0.29, 0.717) is 23.7 Å². The first-order chi connectivity index (χ1) is 12.2. The lowest BCUT2D eigenvalue weighted by Gasteiger charge is -2.16. The lowest BCUT2D eigenvalue weighted by atomic mass is 10.2. The summed E-state index contributed by atoms with van der Waals surface area (Å²) in [5, 5.41) is -0.0757. The molecule has 26 heavy (non-hydrogen) atoms. The zero-order valence-electron chi connectivity index (χ0n) is 13.1. The van der Waals surface area contributed by atoms with Crippen molar-refractivity contribution < 1.29 is 35.8 Å². The number of hydrogen-bond acceptors (Lipinski definition) is 3. The predicted octanol–water partition coefficient (Wildman–Crippen LogP) is 5.98. The van der Waals surface area contributed by atoms with E-state index in [2.05, 4.69) is 4.74 Å². The van der Waals surface area contributed by atoms with E-state index < -0.39 is 40.0 Å². The molecule has 2 nitrogen and oxygen atoms in total. The third-order valence-corrected chi connectivity index (χ3v) is 4.56. The molecule has 3 rings (SSSR count). The molecular weight excluding hydrogens is 382 g/mol. The van der Waals surface area contributed by atoms with Crippen molar-refractivity contribution >= 4 is 21.4 Å². The molecule has 1 heterocycles. The van der Waals surface area contributed by atoms with Gasteiger partial charge in [0.1, 0.15) is 11.5 Å². The van der Waals surface area contributed by atoms with Gasteiger partial charge in [0.2, 0.25) is 0 Å². The van der Waals surface area contributed by atoms with Crippen molar-refractivity contribution in [1.82, 2.24) is 0 Å². The number of hydrogen-bond donors (Lipinski definition) is 0. The number of rotatable bonds is 5. The van der Waals surface area contributed by atoms with Crippen LogP contribution in [0.1, 0.15) is 11.8 Å². The highest BCUT2D eigenvalue weighted by Crippen LogP contribution is 2.42. The molecule has 0 unspecified atom stereocenters. The van der Waals surface area contributed by atoms with Gasteiger partial charge >= 0.3 is 6.11 Å². The summed E-state index contributed by atoms with van der Waals surface area (Å²) in [5.41, 5.74) is 0. The van der Waals surface area contributed by atoms with Crippen LogP contribution in [0.3, 0.4) is 0 Å². The maximum atomic E-state index is 14.4. The molecule has 1 aromatic heterocycles. The lowest BCUT2D eigenvalue weighted by Crippen LogP contribution is -2.22. The summed E-state index contributed by atoms with van der Waals surface area (Å²) in [6.45, 7) is 2.07. The summed E-state index contributed by atoms with van der Waals surface area (Å²) in [4.78, 5) is -1.08. The highest BCUT2D eigenvalue weighted by atomic mass is 32.1. The fourth-order valence-electron chi connectivity index (χ4n) is 2.27. The zero-order valence-corrected chi connectivity index (χ0v) is 13.9. The van der Waals surface area contributed by atoms with Crippen molar-refractivity contribution in [3.8, 4) is 11.5 Å². The van der Waals surface area contributed by atoms with Crippen LogP contribution in [0.15, 0.2) is 30.3 Å². The Morgan fingerprint density at radius 2 is 1.58 bits per heavy atom. The number of ether oxygens (including phenoxy) is 2. The number of thiophene rings is 1. The summed E-state index contributed by atoms with van der Waals surface area (Å²) >= 11 is 0.410. The molecule has 0 saturated heterocycles. The maximum Gasteiger partial charge on any atom is 0.439 e. The first kappa shape index (κ1) is 18.4. The highest BCUT2D eigenvalue weighted by molar-refractivity contribution is 7.19. The normalized spacial score (nSPS) is 11.8. The molecule has 0 aliphatic carbocycles. The van der Waals surface area contributed by atoms with Crippen molar-refractivity contribution in [2.24, 2.45) is 0 Å². The van der Waals surface area contributed by atoms with Gasteiger partial charge in [-0.25, -0.2) is 17.6 Å². The Balaban J connectivity index is 1.99. The average molecular weight is 392 g/mol. The van der Waals surface area contributed by atoms with Crippen LogP contribution in [-0.4, -0.2) is 6.61 Å². The number of halogens is 6. The van der Waals surface area contributed by atoms with E-state index in [1.807, 2.05) is 0 Å². The fourth-order valence-corrected chi connectivity index (χ4v) is 3.30. The lowest BCUT2D eigenvalue weighted by molar-refractivity contribution is -0.184. The molecule has 0 atom stereocenters. The van der Waals surface area contributed by atoms with Crippen LogP contribution in [0.4, 0.5) is 26.3 Å². The minimum atomic E-state index is -4.23. The van der Waals surface area contributed by atoms with Gasteiger partial charge in [-0.2, -0.15) is 8.78 Å². The van der Waals surface area contributed by atoms with Crippen molar-refractivity contribution in [2.45, 2.75) is 13.0 Å². The average Bonchev–Trinajstić information content (AvgIpc) is 2.90. The zero-order chi connectivity index (χ0) is 19.1. The van der Waals surface area contributed by atoms with Crippen LogP contribution < -0.4 is 9.47 Å². The van der Waals surface area contributed by atoms with Gasteiger partial charge in [-0.1, -0.05) is 0 Å². The van der Waals surface area contributed by atoms with Crippen molar-refractivity contribution in [3.05, 3.63) is 58.5 Å². The summed E-state index contributed by atoms with van der Waals surface area (Å²) < 4.78 is 91.9. The molecule has 0 amide bonds. The van der Waals surface area contributed by atoms with E-state index in [-0.39, 0.29) is 22.2 Å². The van der Waals surface area contributed by atoms with Crippen LogP contribution >= 0.6 is 11.3 Å². The second-order valence-electron chi connectivity index (χ2n) is 5.16. The molecule has 0 fully saturated rings. The van der Waals surface area contributed by atoms with E-state index >= 15 is 0 Å². The first-order valence-electron chi connectivity index (χ1n) is 7.29. The Kier molecular flexibility index (Phi) is 4.74. The van der Waals surface area contributed by atoms with Crippen molar-refractivity contribution in [3.63, 3.8) is 0 Å². The third-order valence-electron chi connectivity index (χ3n) is 3.38. The first-order valence-corrected chi connectivity index (χ1v) is 8.11. The van der Waals surface area contributed by atoms with Gasteiger partial charge in [-0.15, -0.1) is 11.3 Å². The van der Waals surface area contributed by atoms with Crippen LogP contribution in [-0.2, 0) is 6.11 Å².